The van der Waals surface area contributed by atoms with Gasteiger partial charge in [0.25, 0.3) is 5.69 Å². The van der Waals surface area contributed by atoms with Gasteiger partial charge in [0, 0.05) is 17.1 Å². The standard InChI is InChI=1S/C12H17ClN2O2/c1-3-4-5-9(2)14-11-8-10(13)6-7-12(11)15(16)17/h6-9,14H,3-5H2,1-2H3. The van der Waals surface area contributed by atoms with Gasteiger partial charge >= 0.3 is 0 Å². The van der Waals surface area contributed by atoms with Crippen molar-refractivity contribution in [2.45, 2.75) is 39.2 Å². The summed E-state index contributed by atoms with van der Waals surface area (Å²) in [6, 6.07) is 4.76. The molecule has 0 spiro atoms. The van der Waals surface area contributed by atoms with Gasteiger partial charge in [0.2, 0.25) is 0 Å². The zero-order chi connectivity index (χ0) is 12.8. The van der Waals surface area contributed by atoms with Crippen molar-refractivity contribution in [2.75, 3.05) is 5.32 Å². The number of anilines is 1. The van der Waals surface area contributed by atoms with E-state index < -0.39 is 4.92 Å². The second-order valence-corrected chi connectivity index (χ2v) is 4.54. The molecule has 0 bridgehead atoms. The lowest BCUT2D eigenvalue weighted by Crippen LogP contribution is -2.15. The Balaban J connectivity index is 2.81. The number of benzene rings is 1. The summed E-state index contributed by atoms with van der Waals surface area (Å²) in [6.45, 7) is 4.13. The fourth-order valence-corrected chi connectivity index (χ4v) is 1.80. The quantitative estimate of drug-likeness (QED) is 0.612. The molecule has 1 N–H and O–H groups in total. The van der Waals surface area contributed by atoms with Gasteiger partial charge in [-0.05, 0) is 25.5 Å². The average molecular weight is 257 g/mol. The van der Waals surface area contributed by atoms with E-state index >= 15 is 0 Å². The van der Waals surface area contributed by atoms with Crippen LogP contribution in [0.5, 0.6) is 0 Å². The van der Waals surface area contributed by atoms with E-state index in [0.29, 0.717) is 10.7 Å². The molecule has 5 heteroatoms. The van der Waals surface area contributed by atoms with Crippen LogP contribution in [0.1, 0.15) is 33.1 Å². The van der Waals surface area contributed by atoms with Crippen LogP contribution < -0.4 is 5.32 Å². The summed E-state index contributed by atoms with van der Waals surface area (Å²) in [5.41, 5.74) is 0.559. The van der Waals surface area contributed by atoms with Crippen LogP contribution in [0.25, 0.3) is 0 Å². The van der Waals surface area contributed by atoms with Crippen molar-refractivity contribution >= 4 is 23.0 Å². The Labute approximate surface area is 106 Å². The summed E-state index contributed by atoms with van der Waals surface area (Å²) in [6.07, 6.45) is 3.20. The molecular weight excluding hydrogens is 240 g/mol. The number of halogens is 1. The van der Waals surface area contributed by atoms with Crippen molar-refractivity contribution in [3.63, 3.8) is 0 Å². The van der Waals surface area contributed by atoms with Crippen LogP contribution in [0, 0.1) is 10.1 Å². The number of nitro groups is 1. The molecule has 1 unspecified atom stereocenters. The SMILES string of the molecule is CCCCC(C)Nc1cc(Cl)ccc1[N+](=O)[O-]. The average Bonchev–Trinajstić information content (AvgIpc) is 2.26. The van der Waals surface area contributed by atoms with Crippen molar-refractivity contribution in [3.8, 4) is 0 Å². The largest absolute Gasteiger partial charge is 0.377 e. The Hall–Kier alpha value is -1.29. The molecule has 1 atom stereocenters. The third-order valence-corrected chi connectivity index (χ3v) is 2.78. The summed E-state index contributed by atoms with van der Waals surface area (Å²) < 4.78 is 0. The molecule has 1 aromatic carbocycles. The Morgan fingerprint density at radius 3 is 2.82 bits per heavy atom. The molecule has 1 aromatic rings. The number of nitro benzene ring substituents is 1. The van der Waals surface area contributed by atoms with E-state index in [-0.39, 0.29) is 11.7 Å². The van der Waals surface area contributed by atoms with Gasteiger partial charge < -0.3 is 5.32 Å². The van der Waals surface area contributed by atoms with Crippen molar-refractivity contribution in [1.82, 2.24) is 0 Å². The van der Waals surface area contributed by atoms with Gasteiger partial charge in [0.05, 0.1) is 4.92 Å². The highest BCUT2D eigenvalue weighted by Crippen LogP contribution is 2.28. The predicted octanol–water partition coefficient (Wildman–Crippen LogP) is 4.24. The van der Waals surface area contributed by atoms with Crippen LogP contribution in [0.2, 0.25) is 5.02 Å². The molecule has 0 radical (unpaired) electrons. The van der Waals surface area contributed by atoms with Crippen molar-refractivity contribution in [3.05, 3.63) is 33.3 Å². The zero-order valence-electron chi connectivity index (χ0n) is 10.1. The normalized spacial score (nSPS) is 12.2. The number of rotatable bonds is 6. The Bertz CT molecular complexity index is 396. The highest BCUT2D eigenvalue weighted by molar-refractivity contribution is 6.31. The second-order valence-electron chi connectivity index (χ2n) is 4.11. The Morgan fingerprint density at radius 2 is 2.24 bits per heavy atom. The minimum atomic E-state index is -0.398. The molecule has 0 aromatic heterocycles. The molecule has 1 rings (SSSR count). The Morgan fingerprint density at radius 1 is 1.53 bits per heavy atom. The molecule has 0 aliphatic rings. The van der Waals surface area contributed by atoms with Crippen LogP contribution in [0.3, 0.4) is 0 Å². The van der Waals surface area contributed by atoms with Crippen molar-refractivity contribution in [1.29, 1.82) is 0 Å². The summed E-state index contributed by atoms with van der Waals surface area (Å²) in [4.78, 5) is 10.5. The van der Waals surface area contributed by atoms with E-state index in [1.54, 1.807) is 6.07 Å². The van der Waals surface area contributed by atoms with E-state index in [4.69, 9.17) is 11.6 Å². The summed E-state index contributed by atoms with van der Waals surface area (Å²) >= 11 is 5.85. The Kier molecular flexibility index (Phi) is 5.22. The zero-order valence-corrected chi connectivity index (χ0v) is 10.8. The van der Waals surface area contributed by atoms with E-state index in [0.717, 1.165) is 19.3 Å². The first-order chi connectivity index (χ1) is 8.04. The number of nitrogens with one attached hydrogen (secondary N) is 1. The molecule has 17 heavy (non-hydrogen) atoms. The lowest BCUT2D eigenvalue weighted by molar-refractivity contribution is -0.384. The van der Waals surface area contributed by atoms with Gasteiger partial charge in [-0.2, -0.15) is 0 Å². The first kappa shape index (κ1) is 13.8. The lowest BCUT2D eigenvalue weighted by Gasteiger charge is -2.14. The van der Waals surface area contributed by atoms with Crippen LogP contribution in [-0.4, -0.2) is 11.0 Å². The minimum Gasteiger partial charge on any atom is -0.377 e. The first-order valence-corrected chi connectivity index (χ1v) is 6.13. The molecule has 0 aliphatic heterocycles. The van der Waals surface area contributed by atoms with Crippen LogP contribution in [0.4, 0.5) is 11.4 Å². The fraction of sp³-hybridized carbons (Fsp3) is 0.500. The molecule has 0 heterocycles. The molecule has 4 nitrogen and oxygen atoms in total. The number of nitrogens with zero attached hydrogens (tertiary/aromatic N) is 1. The van der Waals surface area contributed by atoms with Crippen LogP contribution in [0.15, 0.2) is 18.2 Å². The maximum absolute atomic E-state index is 10.9. The third kappa shape index (κ3) is 4.23. The van der Waals surface area contributed by atoms with Gasteiger partial charge in [0.15, 0.2) is 0 Å². The first-order valence-electron chi connectivity index (χ1n) is 5.75. The summed E-state index contributed by atoms with van der Waals surface area (Å²) in [5.74, 6) is 0. The van der Waals surface area contributed by atoms with E-state index in [2.05, 4.69) is 12.2 Å². The lowest BCUT2D eigenvalue weighted by atomic mass is 10.1. The number of hydrogen-bond acceptors (Lipinski definition) is 3. The maximum atomic E-state index is 10.9. The van der Waals surface area contributed by atoms with Gasteiger partial charge in [-0.25, -0.2) is 0 Å². The van der Waals surface area contributed by atoms with Crippen molar-refractivity contribution < 1.29 is 4.92 Å². The molecule has 0 saturated carbocycles. The summed E-state index contributed by atoms with van der Waals surface area (Å²) in [5, 5.41) is 14.5. The van der Waals surface area contributed by atoms with Gasteiger partial charge in [-0.3, -0.25) is 10.1 Å². The fourth-order valence-electron chi connectivity index (χ4n) is 1.63. The highest BCUT2D eigenvalue weighted by Gasteiger charge is 2.15. The van der Waals surface area contributed by atoms with Gasteiger partial charge in [0.1, 0.15) is 5.69 Å². The molecular formula is C12H17ClN2O2. The molecule has 0 amide bonds. The van der Waals surface area contributed by atoms with Gasteiger partial charge in [-0.1, -0.05) is 31.4 Å². The number of hydrogen-bond donors (Lipinski definition) is 1. The predicted molar refractivity (Wildman–Crippen MR) is 70.7 cm³/mol. The topological polar surface area (TPSA) is 55.2 Å². The van der Waals surface area contributed by atoms with Gasteiger partial charge in [-0.15, -0.1) is 0 Å². The van der Waals surface area contributed by atoms with E-state index in [1.807, 2.05) is 6.92 Å². The highest BCUT2D eigenvalue weighted by atomic mass is 35.5. The molecule has 94 valence electrons. The smallest absolute Gasteiger partial charge is 0.292 e. The van der Waals surface area contributed by atoms with E-state index in [9.17, 15) is 10.1 Å². The molecule has 0 fully saturated rings. The monoisotopic (exact) mass is 256 g/mol. The molecule has 0 saturated heterocycles. The van der Waals surface area contributed by atoms with E-state index in [1.165, 1.54) is 12.1 Å². The maximum Gasteiger partial charge on any atom is 0.292 e. The molecule has 0 aliphatic carbocycles. The van der Waals surface area contributed by atoms with Crippen LogP contribution in [-0.2, 0) is 0 Å². The number of unbranched alkanes of at least 4 members (excludes halogenated alkanes) is 1. The minimum absolute atomic E-state index is 0.0674. The third-order valence-electron chi connectivity index (χ3n) is 2.55. The second kappa shape index (κ2) is 6.45. The van der Waals surface area contributed by atoms with Crippen molar-refractivity contribution in [2.24, 2.45) is 0 Å². The summed E-state index contributed by atoms with van der Waals surface area (Å²) in [7, 11) is 0. The van der Waals surface area contributed by atoms with Crippen LogP contribution >= 0.6 is 11.6 Å².